The molecule has 0 bridgehead atoms. The van der Waals surface area contributed by atoms with E-state index < -0.39 is 0 Å². The lowest BCUT2D eigenvalue weighted by molar-refractivity contribution is 0.154. The van der Waals surface area contributed by atoms with Gasteiger partial charge in [-0.2, -0.15) is 0 Å². The Kier molecular flexibility index (Phi) is 3.60. The highest BCUT2D eigenvalue weighted by Gasteiger charge is 2.35. The molecule has 1 fully saturated rings. The summed E-state index contributed by atoms with van der Waals surface area (Å²) >= 11 is 0. The maximum atomic E-state index is 12.0. The quantitative estimate of drug-likeness (QED) is 0.701. The highest BCUT2D eigenvalue weighted by molar-refractivity contribution is 5.77. The summed E-state index contributed by atoms with van der Waals surface area (Å²) in [5, 5.41) is 0. The predicted molar refractivity (Wildman–Crippen MR) is 62.0 cm³/mol. The average molecular weight is 213 g/mol. The SMILES string of the molecule is CN(C)CCN1CCN(C(C)(C)C)C1=O. The zero-order valence-corrected chi connectivity index (χ0v) is 10.6. The maximum absolute atomic E-state index is 12.0. The first kappa shape index (κ1) is 12.3. The van der Waals surface area contributed by atoms with Crippen molar-refractivity contribution in [1.29, 1.82) is 0 Å². The van der Waals surface area contributed by atoms with Gasteiger partial charge in [-0.1, -0.05) is 0 Å². The predicted octanol–water partition coefficient (Wildman–Crippen LogP) is 1.08. The van der Waals surface area contributed by atoms with Gasteiger partial charge < -0.3 is 14.7 Å². The smallest absolute Gasteiger partial charge is 0.320 e. The van der Waals surface area contributed by atoms with Gasteiger partial charge in [0.1, 0.15) is 0 Å². The van der Waals surface area contributed by atoms with Crippen molar-refractivity contribution in [2.45, 2.75) is 26.3 Å². The van der Waals surface area contributed by atoms with Crippen molar-refractivity contribution in [3.8, 4) is 0 Å². The van der Waals surface area contributed by atoms with Gasteiger partial charge in [0.05, 0.1) is 0 Å². The summed E-state index contributed by atoms with van der Waals surface area (Å²) in [5.41, 5.74) is -0.0516. The van der Waals surface area contributed by atoms with Gasteiger partial charge in [-0.05, 0) is 34.9 Å². The summed E-state index contributed by atoms with van der Waals surface area (Å²) < 4.78 is 0. The number of hydrogen-bond acceptors (Lipinski definition) is 2. The largest absolute Gasteiger partial charge is 0.322 e. The van der Waals surface area contributed by atoms with E-state index in [-0.39, 0.29) is 11.6 Å². The van der Waals surface area contributed by atoms with Crippen molar-refractivity contribution in [2.24, 2.45) is 0 Å². The molecule has 1 heterocycles. The van der Waals surface area contributed by atoms with Crippen LogP contribution in [0.5, 0.6) is 0 Å². The second-order valence-electron chi connectivity index (χ2n) is 5.40. The zero-order chi connectivity index (χ0) is 11.6. The van der Waals surface area contributed by atoms with E-state index in [2.05, 4.69) is 25.7 Å². The highest BCUT2D eigenvalue weighted by Crippen LogP contribution is 2.19. The van der Waals surface area contributed by atoms with Gasteiger partial charge >= 0.3 is 6.03 Å². The first-order valence-electron chi connectivity index (χ1n) is 5.53. The van der Waals surface area contributed by atoms with Crippen molar-refractivity contribution in [2.75, 3.05) is 40.3 Å². The van der Waals surface area contributed by atoms with Crippen molar-refractivity contribution in [3.63, 3.8) is 0 Å². The molecule has 0 spiro atoms. The number of carbonyl (C=O) groups is 1. The van der Waals surface area contributed by atoms with Crippen LogP contribution in [0.3, 0.4) is 0 Å². The second-order valence-corrected chi connectivity index (χ2v) is 5.40. The third kappa shape index (κ3) is 3.09. The molecule has 1 aliphatic rings. The van der Waals surface area contributed by atoms with Crippen molar-refractivity contribution in [3.05, 3.63) is 0 Å². The lowest BCUT2D eigenvalue weighted by Gasteiger charge is -2.31. The summed E-state index contributed by atoms with van der Waals surface area (Å²) in [7, 11) is 4.06. The summed E-state index contributed by atoms with van der Waals surface area (Å²) in [4.78, 5) is 18.0. The van der Waals surface area contributed by atoms with Gasteiger partial charge in [-0.15, -0.1) is 0 Å². The van der Waals surface area contributed by atoms with E-state index in [1.54, 1.807) is 0 Å². The van der Waals surface area contributed by atoms with E-state index in [0.717, 1.165) is 26.2 Å². The maximum Gasteiger partial charge on any atom is 0.320 e. The molecule has 0 aliphatic carbocycles. The third-order valence-electron chi connectivity index (χ3n) is 2.72. The molecule has 15 heavy (non-hydrogen) atoms. The molecule has 0 unspecified atom stereocenters. The third-order valence-corrected chi connectivity index (χ3v) is 2.72. The molecule has 4 nitrogen and oxygen atoms in total. The molecule has 0 saturated carbocycles. The molecule has 1 saturated heterocycles. The molecule has 0 radical (unpaired) electrons. The van der Waals surface area contributed by atoms with Gasteiger partial charge in [0.25, 0.3) is 0 Å². The van der Waals surface area contributed by atoms with Crippen LogP contribution in [0.1, 0.15) is 20.8 Å². The van der Waals surface area contributed by atoms with Gasteiger partial charge in [0.15, 0.2) is 0 Å². The van der Waals surface area contributed by atoms with Crippen LogP contribution in [-0.2, 0) is 0 Å². The fourth-order valence-corrected chi connectivity index (χ4v) is 1.73. The Morgan fingerprint density at radius 2 is 1.87 bits per heavy atom. The molecule has 1 rings (SSSR count). The Hall–Kier alpha value is -0.770. The van der Waals surface area contributed by atoms with Crippen LogP contribution in [-0.4, -0.2) is 66.5 Å². The number of nitrogens with zero attached hydrogens (tertiary/aromatic N) is 3. The van der Waals surface area contributed by atoms with Crippen molar-refractivity contribution >= 4 is 6.03 Å². The Balaban J connectivity index is 2.50. The van der Waals surface area contributed by atoms with Gasteiger partial charge in [0.2, 0.25) is 0 Å². The van der Waals surface area contributed by atoms with E-state index in [1.165, 1.54) is 0 Å². The van der Waals surface area contributed by atoms with Gasteiger partial charge in [-0.25, -0.2) is 4.79 Å². The topological polar surface area (TPSA) is 26.8 Å². The molecule has 1 aliphatic heterocycles. The van der Waals surface area contributed by atoms with Crippen LogP contribution in [0.15, 0.2) is 0 Å². The van der Waals surface area contributed by atoms with E-state index in [0.29, 0.717) is 0 Å². The summed E-state index contributed by atoms with van der Waals surface area (Å²) in [6.45, 7) is 9.74. The molecule has 0 aromatic rings. The van der Waals surface area contributed by atoms with Crippen LogP contribution < -0.4 is 0 Å². The van der Waals surface area contributed by atoms with E-state index in [4.69, 9.17) is 0 Å². The van der Waals surface area contributed by atoms with Crippen LogP contribution in [0, 0.1) is 0 Å². The fourth-order valence-electron chi connectivity index (χ4n) is 1.73. The summed E-state index contributed by atoms with van der Waals surface area (Å²) in [5.74, 6) is 0. The van der Waals surface area contributed by atoms with Gasteiger partial charge in [-0.3, -0.25) is 0 Å². The number of amides is 2. The van der Waals surface area contributed by atoms with Crippen molar-refractivity contribution in [1.82, 2.24) is 14.7 Å². The number of urea groups is 1. The number of rotatable bonds is 3. The Labute approximate surface area is 92.8 Å². The molecule has 0 atom stereocenters. The zero-order valence-electron chi connectivity index (χ0n) is 10.6. The minimum absolute atomic E-state index is 0.0516. The molecule has 2 amide bonds. The lowest BCUT2D eigenvalue weighted by Crippen LogP contribution is -2.45. The Bertz CT molecular complexity index is 232. The molecule has 88 valence electrons. The summed E-state index contributed by atoms with van der Waals surface area (Å²) in [6.07, 6.45) is 0. The first-order chi connectivity index (χ1) is 6.82. The molecule has 0 N–H and O–H groups in total. The average Bonchev–Trinajstić information content (AvgIpc) is 2.42. The van der Waals surface area contributed by atoms with Crippen molar-refractivity contribution < 1.29 is 4.79 Å². The first-order valence-corrected chi connectivity index (χ1v) is 5.53. The molecule has 4 heteroatoms. The normalized spacial score (nSPS) is 18.1. The Morgan fingerprint density at radius 3 is 2.27 bits per heavy atom. The van der Waals surface area contributed by atoms with Gasteiger partial charge in [0, 0.05) is 31.7 Å². The number of likely N-dealkylation sites (N-methyl/N-ethyl adjacent to an activating group) is 1. The van der Waals surface area contributed by atoms with Crippen LogP contribution >= 0.6 is 0 Å². The van der Waals surface area contributed by atoms with Crippen LogP contribution in [0.25, 0.3) is 0 Å². The minimum atomic E-state index is -0.0516. The summed E-state index contributed by atoms with van der Waals surface area (Å²) in [6, 6.07) is 0.185. The molecular formula is C11H23N3O. The van der Waals surface area contributed by atoms with Crippen LogP contribution in [0.4, 0.5) is 4.79 Å². The monoisotopic (exact) mass is 213 g/mol. The second kappa shape index (κ2) is 4.39. The van der Waals surface area contributed by atoms with Crippen LogP contribution in [0.2, 0.25) is 0 Å². The van der Waals surface area contributed by atoms with E-state index in [1.807, 2.05) is 23.9 Å². The van der Waals surface area contributed by atoms with E-state index in [9.17, 15) is 4.79 Å². The molecule has 0 aromatic heterocycles. The fraction of sp³-hybridized carbons (Fsp3) is 0.909. The lowest BCUT2D eigenvalue weighted by atomic mass is 10.1. The highest BCUT2D eigenvalue weighted by atomic mass is 16.2. The number of carbonyl (C=O) groups excluding carboxylic acids is 1. The Morgan fingerprint density at radius 1 is 1.27 bits per heavy atom. The molecule has 0 aromatic carbocycles. The number of hydrogen-bond donors (Lipinski definition) is 0. The minimum Gasteiger partial charge on any atom is -0.322 e. The molecular weight excluding hydrogens is 190 g/mol. The standard InChI is InChI=1S/C11H23N3O/c1-11(2,3)14-9-8-13(10(14)15)7-6-12(4)5/h6-9H2,1-5H3. The van der Waals surface area contributed by atoms with E-state index >= 15 is 0 Å².